The summed E-state index contributed by atoms with van der Waals surface area (Å²) in [5.41, 5.74) is 15.4. The van der Waals surface area contributed by atoms with Crippen LogP contribution in [0.1, 0.15) is 61.8 Å². The predicted octanol–water partition coefficient (Wildman–Crippen LogP) is 13.8. The van der Waals surface area contributed by atoms with Crippen LogP contribution in [0.5, 0.6) is 0 Å². The maximum absolute atomic E-state index is 2.50. The van der Waals surface area contributed by atoms with Crippen LogP contribution in [0, 0.1) is 0 Å². The number of nitrogens with zero attached hydrogens (tertiary/aromatic N) is 2. The van der Waals surface area contributed by atoms with E-state index in [1.54, 1.807) is 0 Å². The molecule has 0 amide bonds. The third-order valence-electron chi connectivity index (χ3n) is 11.7. The molecule has 7 aromatic rings. The van der Waals surface area contributed by atoms with Gasteiger partial charge in [0.25, 0.3) is 0 Å². The molecule has 0 atom stereocenters. The first-order valence-electron chi connectivity index (χ1n) is 18.7. The van der Waals surface area contributed by atoms with Gasteiger partial charge in [0, 0.05) is 39.3 Å². The van der Waals surface area contributed by atoms with Crippen molar-refractivity contribution in [3.8, 4) is 11.1 Å². The van der Waals surface area contributed by atoms with Crippen molar-refractivity contribution in [2.45, 2.75) is 50.4 Å². The van der Waals surface area contributed by atoms with Crippen molar-refractivity contribution >= 4 is 34.1 Å². The molecule has 0 heterocycles. The zero-order chi connectivity index (χ0) is 35.1. The van der Waals surface area contributed by atoms with Crippen molar-refractivity contribution in [2.75, 3.05) is 9.80 Å². The Morgan fingerprint density at radius 1 is 0.404 bits per heavy atom. The second-order valence-electron chi connectivity index (χ2n) is 14.9. The molecule has 0 bridgehead atoms. The van der Waals surface area contributed by atoms with Gasteiger partial charge in [0.05, 0.1) is 5.69 Å². The molecule has 2 aliphatic carbocycles. The van der Waals surface area contributed by atoms with Crippen LogP contribution in [0.3, 0.4) is 0 Å². The second-order valence-corrected chi connectivity index (χ2v) is 14.9. The van der Waals surface area contributed by atoms with E-state index >= 15 is 0 Å². The van der Waals surface area contributed by atoms with Crippen molar-refractivity contribution in [1.82, 2.24) is 0 Å². The van der Waals surface area contributed by atoms with Gasteiger partial charge in [0.2, 0.25) is 0 Å². The summed E-state index contributed by atoms with van der Waals surface area (Å²) in [5, 5.41) is 0. The van der Waals surface area contributed by atoms with Gasteiger partial charge in [0.1, 0.15) is 0 Å². The SMILES string of the molecule is CC(C)(c1ccc(N(c2ccccc2)c2ccccc2)cc1)c1ccc(N(c2ccccc2)c2cccc3c2C2(CCCC2)c2ccccc2-3)cc1. The molecule has 9 rings (SSSR count). The van der Waals surface area contributed by atoms with Crippen LogP contribution in [0.2, 0.25) is 0 Å². The van der Waals surface area contributed by atoms with Crippen LogP contribution in [-0.2, 0) is 10.8 Å². The van der Waals surface area contributed by atoms with E-state index in [0.29, 0.717) is 0 Å². The molecule has 254 valence electrons. The lowest BCUT2D eigenvalue weighted by atomic mass is 9.75. The molecule has 0 radical (unpaired) electrons. The third-order valence-corrected chi connectivity index (χ3v) is 11.7. The molecule has 1 saturated carbocycles. The minimum atomic E-state index is -0.192. The average molecular weight is 673 g/mol. The largest absolute Gasteiger partial charge is 0.311 e. The lowest BCUT2D eigenvalue weighted by Crippen LogP contribution is -2.24. The fourth-order valence-corrected chi connectivity index (χ4v) is 9.05. The van der Waals surface area contributed by atoms with E-state index in [1.807, 2.05) is 0 Å². The normalized spacial score (nSPS) is 14.2. The van der Waals surface area contributed by atoms with Gasteiger partial charge in [-0.15, -0.1) is 0 Å². The summed E-state index contributed by atoms with van der Waals surface area (Å²) in [7, 11) is 0. The van der Waals surface area contributed by atoms with Gasteiger partial charge in [-0.05, 0) is 113 Å². The van der Waals surface area contributed by atoms with E-state index in [0.717, 1.165) is 17.1 Å². The molecule has 7 aromatic carbocycles. The Hall–Kier alpha value is -5.86. The molecule has 52 heavy (non-hydrogen) atoms. The summed E-state index contributed by atoms with van der Waals surface area (Å²) in [6.07, 6.45) is 4.96. The maximum Gasteiger partial charge on any atom is 0.0508 e. The Bertz CT molecular complexity index is 2260. The van der Waals surface area contributed by atoms with E-state index in [2.05, 4.69) is 206 Å². The molecule has 0 aliphatic heterocycles. The smallest absolute Gasteiger partial charge is 0.0508 e. The van der Waals surface area contributed by atoms with E-state index in [-0.39, 0.29) is 10.8 Å². The summed E-state index contributed by atoms with van der Waals surface area (Å²) in [6, 6.07) is 66.7. The third kappa shape index (κ3) is 5.33. The number of hydrogen-bond acceptors (Lipinski definition) is 2. The molecule has 0 N–H and O–H groups in total. The minimum Gasteiger partial charge on any atom is -0.311 e. The predicted molar refractivity (Wildman–Crippen MR) is 219 cm³/mol. The van der Waals surface area contributed by atoms with Crippen LogP contribution in [0.4, 0.5) is 34.1 Å². The highest BCUT2D eigenvalue weighted by atomic mass is 15.1. The fourth-order valence-electron chi connectivity index (χ4n) is 9.05. The van der Waals surface area contributed by atoms with Crippen LogP contribution in [0.15, 0.2) is 182 Å². The topological polar surface area (TPSA) is 6.48 Å². The molecule has 0 aromatic heterocycles. The maximum atomic E-state index is 2.50. The zero-order valence-electron chi connectivity index (χ0n) is 30.0. The van der Waals surface area contributed by atoms with E-state index in [9.17, 15) is 0 Å². The Labute approximate surface area is 308 Å². The molecule has 1 fully saturated rings. The van der Waals surface area contributed by atoms with Crippen molar-refractivity contribution < 1.29 is 0 Å². The molecule has 2 nitrogen and oxygen atoms in total. The van der Waals surface area contributed by atoms with Crippen LogP contribution < -0.4 is 9.80 Å². The van der Waals surface area contributed by atoms with Crippen molar-refractivity contribution in [3.05, 3.63) is 204 Å². The van der Waals surface area contributed by atoms with Gasteiger partial charge in [0.15, 0.2) is 0 Å². The first-order chi connectivity index (χ1) is 25.5. The first-order valence-corrected chi connectivity index (χ1v) is 18.7. The molecule has 1 spiro atoms. The summed E-state index contributed by atoms with van der Waals surface area (Å²) < 4.78 is 0. The van der Waals surface area contributed by atoms with Crippen LogP contribution in [-0.4, -0.2) is 0 Å². The highest BCUT2D eigenvalue weighted by Gasteiger charge is 2.47. The van der Waals surface area contributed by atoms with Crippen LogP contribution in [0.25, 0.3) is 11.1 Å². The van der Waals surface area contributed by atoms with Crippen molar-refractivity contribution in [2.24, 2.45) is 0 Å². The van der Waals surface area contributed by atoms with Gasteiger partial charge in [-0.25, -0.2) is 0 Å². The first kappa shape index (κ1) is 32.1. The highest BCUT2D eigenvalue weighted by Crippen LogP contribution is 2.60. The van der Waals surface area contributed by atoms with Crippen molar-refractivity contribution in [1.29, 1.82) is 0 Å². The molecule has 2 heteroatoms. The number of rotatable bonds is 8. The highest BCUT2D eigenvalue weighted by molar-refractivity contribution is 5.91. The quantitative estimate of drug-likeness (QED) is 0.159. The number of para-hydroxylation sites is 3. The summed E-state index contributed by atoms with van der Waals surface area (Å²) in [5.74, 6) is 0. The average Bonchev–Trinajstić information content (AvgIpc) is 3.81. The number of fused-ring (bicyclic) bond motifs is 5. The molecule has 2 aliphatic rings. The number of benzene rings is 7. The molecule has 0 saturated heterocycles. The molecule has 0 unspecified atom stereocenters. The number of anilines is 6. The van der Waals surface area contributed by atoms with Gasteiger partial charge < -0.3 is 9.80 Å². The summed E-state index contributed by atoms with van der Waals surface area (Å²) in [6.45, 7) is 4.67. The van der Waals surface area contributed by atoms with E-state index in [1.165, 1.54) is 76.1 Å². The van der Waals surface area contributed by atoms with Gasteiger partial charge in [-0.1, -0.05) is 142 Å². The monoisotopic (exact) mass is 672 g/mol. The Morgan fingerprint density at radius 3 is 1.37 bits per heavy atom. The lowest BCUT2D eigenvalue weighted by Gasteiger charge is -2.34. The van der Waals surface area contributed by atoms with E-state index in [4.69, 9.17) is 0 Å². The van der Waals surface area contributed by atoms with Gasteiger partial charge >= 0.3 is 0 Å². The van der Waals surface area contributed by atoms with Gasteiger partial charge in [-0.2, -0.15) is 0 Å². The lowest BCUT2D eigenvalue weighted by molar-refractivity contribution is 0.550. The molecular weight excluding hydrogens is 629 g/mol. The minimum absolute atomic E-state index is 0.0697. The second kappa shape index (κ2) is 13.0. The summed E-state index contributed by atoms with van der Waals surface area (Å²) in [4.78, 5) is 4.82. The van der Waals surface area contributed by atoms with E-state index < -0.39 is 0 Å². The standard InChI is InChI=1S/C50H44N2/c1-49(2,37-27-31-42(32-28-37)51(39-17-6-3-7-18-39)40-19-8-4-9-20-40)38-29-33-43(34-30-38)52(41-21-10-5-11-22-41)47-26-16-24-45-44-23-12-13-25-46(44)50(48(45)47)35-14-15-36-50/h3-13,16-34H,14-15,35-36H2,1-2H3. The molecular formula is C50H44N2. The fraction of sp³-hybridized carbons (Fsp3) is 0.160. The van der Waals surface area contributed by atoms with Crippen LogP contribution >= 0.6 is 0 Å². The van der Waals surface area contributed by atoms with Gasteiger partial charge in [-0.3, -0.25) is 0 Å². The number of hydrogen-bond donors (Lipinski definition) is 0. The Balaban J connectivity index is 1.08. The Morgan fingerprint density at radius 2 is 0.827 bits per heavy atom. The zero-order valence-corrected chi connectivity index (χ0v) is 30.0. The summed E-state index contributed by atoms with van der Waals surface area (Å²) >= 11 is 0. The Kier molecular flexibility index (Phi) is 8.04. The van der Waals surface area contributed by atoms with Crippen molar-refractivity contribution in [3.63, 3.8) is 0 Å².